The summed E-state index contributed by atoms with van der Waals surface area (Å²) < 4.78 is 5.58. The summed E-state index contributed by atoms with van der Waals surface area (Å²) in [4.78, 5) is 14.2. The number of carbonyl (C=O) groups is 1. The fraction of sp³-hybridized carbons (Fsp3) is 0.562. The van der Waals surface area contributed by atoms with Crippen LogP contribution in [0.3, 0.4) is 0 Å². The Labute approximate surface area is 116 Å². The number of carbonyl (C=O) groups excluding carboxylic acids is 1. The second-order valence-electron chi connectivity index (χ2n) is 4.93. The van der Waals surface area contributed by atoms with Crippen molar-refractivity contribution in [1.29, 1.82) is 0 Å². The summed E-state index contributed by atoms with van der Waals surface area (Å²) in [5.74, 6) is 0.912. The Morgan fingerprint density at radius 2 is 1.84 bits per heavy atom. The van der Waals surface area contributed by atoms with E-state index >= 15 is 0 Å². The molecule has 106 valence electrons. The van der Waals surface area contributed by atoms with Gasteiger partial charge in [-0.2, -0.15) is 0 Å². The van der Waals surface area contributed by atoms with Crippen LogP contribution in [0.15, 0.2) is 24.3 Å². The topological polar surface area (TPSA) is 29.5 Å². The molecule has 1 rings (SSSR count). The summed E-state index contributed by atoms with van der Waals surface area (Å²) in [5, 5.41) is 0. The zero-order valence-corrected chi connectivity index (χ0v) is 12.5. The second-order valence-corrected chi connectivity index (χ2v) is 4.93. The van der Waals surface area contributed by atoms with Crippen molar-refractivity contribution in [3.63, 3.8) is 0 Å². The molecule has 0 aliphatic carbocycles. The minimum Gasteiger partial charge on any atom is -0.491 e. The molecule has 0 saturated carbocycles. The van der Waals surface area contributed by atoms with Gasteiger partial charge in [-0.05, 0) is 51.5 Å². The van der Waals surface area contributed by atoms with Gasteiger partial charge >= 0.3 is 0 Å². The lowest BCUT2D eigenvalue weighted by atomic mass is 10.2. The Hall–Kier alpha value is -1.51. The maximum absolute atomic E-state index is 12.3. The SMILES string of the molecule is CCCCN(CC)C(=O)c1ccc(OC(C)C)cc1. The van der Waals surface area contributed by atoms with Gasteiger partial charge in [0.1, 0.15) is 5.75 Å². The molecule has 0 fully saturated rings. The zero-order valence-electron chi connectivity index (χ0n) is 12.5. The minimum atomic E-state index is 0.104. The normalized spacial score (nSPS) is 10.6. The Kier molecular flexibility index (Phi) is 6.40. The van der Waals surface area contributed by atoms with Gasteiger partial charge in [-0.25, -0.2) is 0 Å². The van der Waals surface area contributed by atoms with Crippen molar-refractivity contribution >= 4 is 5.91 Å². The highest BCUT2D eigenvalue weighted by molar-refractivity contribution is 5.94. The highest BCUT2D eigenvalue weighted by Crippen LogP contribution is 2.15. The molecule has 0 heterocycles. The van der Waals surface area contributed by atoms with E-state index in [0.29, 0.717) is 0 Å². The van der Waals surface area contributed by atoms with Crippen molar-refractivity contribution < 1.29 is 9.53 Å². The molecule has 0 atom stereocenters. The minimum absolute atomic E-state index is 0.104. The molecule has 3 heteroatoms. The van der Waals surface area contributed by atoms with Crippen LogP contribution in [0, 0.1) is 0 Å². The summed E-state index contributed by atoms with van der Waals surface area (Å²) in [6, 6.07) is 7.41. The molecule has 1 aromatic rings. The van der Waals surface area contributed by atoms with Crippen LogP contribution in [-0.4, -0.2) is 30.0 Å². The van der Waals surface area contributed by atoms with E-state index in [-0.39, 0.29) is 12.0 Å². The van der Waals surface area contributed by atoms with E-state index in [9.17, 15) is 4.79 Å². The molecule has 0 aliphatic rings. The Morgan fingerprint density at radius 1 is 1.21 bits per heavy atom. The van der Waals surface area contributed by atoms with Gasteiger partial charge in [-0.1, -0.05) is 13.3 Å². The first kappa shape index (κ1) is 15.5. The predicted molar refractivity (Wildman–Crippen MR) is 78.7 cm³/mol. The van der Waals surface area contributed by atoms with Gasteiger partial charge in [0.25, 0.3) is 5.91 Å². The number of hydrogen-bond acceptors (Lipinski definition) is 2. The highest BCUT2D eigenvalue weighted by Gasteiger charge is 2.13. The molecule has 0 aliphatic heterocycles. The van der Waals surface area contributed by atoms with Crippen LogP contribution in [0.1, 0.15) is 50.9 Å². The van der Waals surface area contributed by atoms with Gasteiger partial charge < -0.3 is 9.64 Å². The first-order chi connectivity index (χ1) is 9.08. The van der Waals surface area contributed by atoms with Crippen molar-refractivity contribution in [1.82, 2.24) is 4.90 Å². The van der Waals surface area contributed by atoms with E-state index in [1.54, 1.807) is 0 Å². The van der Waals surface area contributed by atoms with Crippen LogP contribution in [0.4, 0.5) is 0 Å². The van der Waals surface area contributed by atoms with Gasteiger partial charge in [0, 0.05) is 18.7 Å². The lowest BCUT2D eigenvalue weighted by Crippen LogP contribution is -2.31. The molecule has 1 amide bonds. The lowest BCUT2D eigenvalue weighted by Gasteiger charge is -2.20. The average Bonchev–Trinajstić information content (AvgIpc) is 2.39. The molecule has 0 aromatic heterocycles. The summed E-state index contributed by atoms with van der Waals surface area (Å²) in [7, 11) is 0. The Balaban J connectivity index is 2.70. The number of unbranched alkanes of at least 4 members (excludes halogenated alkanes) is 1. The van der Waals surface area contributed by atoms with E-state index in [4.69, 9.17) is 4.74 Å². The molecule has 0 N–H and O–H groups in total. The second kappa shape index (κ2) is 7.82. The van der Waals surface area contributed by atoms with Crippen molar-refractivity contribution in [2.75, 3.05) is 13.1 Å². The number of benzene rings is 1. The third-order valence-electron chi connectivity index (χ3n) is 2.92. The highest BCUT2D eigenvalue weighted by atomic mass is 16.5. The predicted octanol–water partition coefficient (Wildman–Crippen LogP) is 3.74. The quantitative estimate of drug-likeness (QED) is 0.750. The van der Waals surface area contributed by atoms with Crippen molar-refractivity contribution in [3.05, 3.63) is 29.8 Å². The Morgan fingerprint density at radius 3 is 2.32 bits per heavy atom. The maximum atomic E-state index is 12.3. The average molecular weight is 263 g/mol. The van der Waals surface area contributed by atoms with E-state index < -0.39 is 0 Å². The van der Waals surface area contributed by atoms with Gasteiger partial charge in [-0.3, -0.25) is 4.79 Å². The van der Waals surface area contributed by atoms with Crippen LogP contribution >= 0.6 is 0 Å². The molecule has 1 aromatic carbocycles. The van der Waals surface area contributed by atoms with Gasteiger partial charge in [0.15, 0.2) is 0 Å². The molecule has 0 unspecified atom stereocenters. The van der Waals surface area contributed by atoms with E-state index in [1.807, 2.05) is 49.9 Å². The fourth-order valence-electron chi connectivity index (χ4n) is 1.88. The summed E-state index contributed by atoms with van der Waals surface area (Å²) in [6.07, 6.45) is 2.30. The number of hydrogen-bond donors (Lipinski definition) is 0. The largest absolute Gasteiger partial charge is 0.491 e. The number of rotatable bonds is 7. The molecule has 19 heavy (non-hydrogen) atoms. The Bertz CT molecular complexity index is 384. The van der Waals surface area contributed by atoms with E-state index in [2.05, 4.69) is 6.92 Å². The van der Waals surface area contributed by atoms with Crippen LogP contribution in [0.25, 0.3) is 0 Å². The maximum Gasteiger partial charge on any atom is 0.253 e. The lowest BCUT2D eigenvalue weighted by molar-refractivity contribution is 0.0762. The van der Waals surface area contributed by atoms with Gasteiger partial charge in [0.2, 0.25) is 0 Å². The van der Waals surface area contributed by atoms with Gasteiger partial charge in [0.05, 0.1) is 6.10 Å². The van der Waals surface area contributed by atoms with Crippen LogP contribution in [0.5, 0.6) is 5.75 Å². The zero-order chi connectivity index (χ0) is 14.3. The monoisotopic (exact) mass is 263 g/mol. The first-order valence-corrected chi connectivity index (χ1v) is 7.14. The van der Waals surface area contributed by atoms with E-state index in [0.717, 1.165) is 37.2 Å². The number of amides is 1. The fourth-order valence-corrected chi connectivity index (χ4v) is 1.88. The summed E-state index contributed by atoms with van der Waals surface area (Å²) in [6.45, 7) is 9.71. The standard InChI is InChI=1S/C16H25NO2/c1-5-7-12-17(6-2)16(18)14-8-10-15(11-9-14)19-13(3)4/h8-11,13H,5-7,12H2,1-4H3. The summed E-state index contributed by atoms with van der Waals surface area (Å²) >= 11 is 0. The third-order valence-corrected chi connectivity index (χ3v) is 2.92. The molecule has 0 bridgehead atoms. The van der Waals surface area contributed by atoms with Crippen molar-refractivity contribution in [2.45, 2.75) is 46.6 Å². The van der Waals surface area contributed by atoms with E-state index in [1.165, 1.54) is 0 Å². The third kappa shape index (κ3) is 4.93. The van der Waals surface area contributed by atoms with Crippen molar-refractivity contribution in [3.8, 4) is 5.75 Å². The number of nitrogens with zero attached hydrogens (tertiary/aromatic N) is 1. The smallest absolute Gasteiger partial charge is 0.253 e. The first-order valence-electron chi connectivity index (χ1n) is 7.14. The molecular weight excluding hydrogens is 238 g/mol. The number of ether oxygens (including phenoxy) is 1. The van der Waals surface area contributed by atoms with Crippen LogP contribution < -0.4 is 4.74 Å². The van der Waals surface area contributed by atoms with Crippen LogP contribution in [0.2, 0.25) is 0 Å². The van der Waals surface area contributed by atoms with Crippen molar-refractivity contribution in [2.24, 2.45) is 0 Å². The molecule has 0 saturated heterocycles. The van der Waals surface area contributed by atoms with Gasteiger partial charge in [-0.15, -0.1) is 0 Å². The summed E-state index contributed by atoms with van der Waals surface area (Å²) in [5.41, 5.74) is 0.731. The molecule has 0 spiro atoms. The molecule has 3 nitrogen and oxygen atoms in total. The molecular formula is C16H25NO2. The molecule has 0 radical (unpaired) electrons. The van der Waals surface area contributed by atoms with Crippen LogP contribution in [-0.2, 0) is 0 Å².